The molecule has 19 heavy (non-hydrogen) atoms. The number of nitrogens with zero attached hydrogens (tertiary/aromatic N) is 2. The third-order valence-electron chi connectivity index (χ3n) is 5.65. The van der Waals surface area contributed by atoms with E-state index in [0.717, 1.165) is 6.54 Å². The Hall–Kier alpha value is -0.120. The van der Waals surface area contributed by atoms with Crippen molar-refractivity contribution in [2.45, 2.75) is 69.9 Å². The molecule has 1 saturated carbocycles. The van der Waals surface area contributed by atoms with E-state index in [1.807, 2.05) is 0 Å². The van der Waals surface area contributed by atoms with E-state index >= 15 is 0 Å². The van der Waals surface area contributed by atoms with Gasteiger partial charge in [0, 0.05) is 37.3 Å². The van der Waals surface area contributed by atoms with Crippen molar-refractivity contribution in [3.8, 4) is 0 Å². The minimum Gasteiger partial charge on any atom is -0.329 e. The normalized spacial score (nSPS) is 29.7. The molecule has 0 aromatic carbocycles. The van der Waals surface area contributed by atoms with E-state index in [2.05, 4.69) is 30.7 Å². The van der Waals surface area contributed by atoms with Gasteiger partial charge >= 0.3 is 0 Å². The Morgan fingerprint density at radius 2 is 1.53 bits per heavy atom. The van der Waals surface area contributed by atoms with Crippen molar-refractivity contribution >= 4 is 0 Å². The van der Waals surface area contributed by atoms with Crippen LogP contribution < -0.4 is 5.73 Å². The second-order valence-corrected chi connectivity index (χ2v) is 7.35. The zero-order valence-electron chi connectivity index (χ0n) is 13.2. The standard InChI is InChI=1S/C16H33N3/c1-15(2)14-19(12-11-18(15)3)16(13-17)9-7-5-4-6-8-10-16/h4-14,17H2,1-3H3. The van der Waals surface area contributed by atoms with Crippen LogP contribution in [-0.4, -0.2) is 54.1 Å². The number of piperazine rings is 1. The highest BCUT2D eigenvalue weighted by molar-refractivity contribution is 4.99. The SMILES string of the molecule is CN1CCN(C2(CN)CCCCCCC2)CC1(C)C. The Morgan fingerprint density at radius 1 is 0.947 bits per heavy atom. The predicted molar refractivity (Wildman–Crippen MR) is 82.4 cm³/mol. The highest BCUT2D eigenvalue weighted by Gasteiger charge is 2.41. The summed E-state index contributed by atoms with van der Waals surface area (Å²) in [5.74, 6) is 0. The van der Waals surface area contributed by atoms with Crippen LogP contribution in [-0.2, 0) is 0 Å². The molecule has 1 heterocycles. The van der Waals surface area contributed by atoms with Crippen LogP contribution in [0.1, 0.15) is 58.8 Å². The van der Waals surface area contributed by atoms with Gasteiger partial charge in [-0.3, -0.25) is 9.80 Å². The molecule has 3 nitrogen and oxygen atoms in total. The molecule has 0 unspecified atom stereocenters. The van der Waals surface area contributed by atoms with E-state index in [0.29, 0.717) is 5.54 Å². The zero-order chi connectivity index (χ0) is 13.9. The highest BCUT2D eigenvalue weighted by Crippen LogP contribution is 2.34. The Morgan fingerprint density at radius 3 is 2.05 bits per heavy atom. The van der Waals surface area contributed by atoms with E-state index in [1.54, 1.807) is 0 Å². The maximum atomic E-state index is 6.26. The van der Waals surface area contributed by atoms with Crippen molar-refractivity contribution in [3.05, 3.63) is 0 Å². The van der Waals surface area contributed by atoms with E-state index in [1.165, 1.54) is 64.6 Å². The maximum Gasteiger partial charge on any atom is 0.0333 e. The molecule has 2 rings (SSSR count). The van der Waals surface area contributed by atoms with Crippen LogP contribution in [0.15, 0.2) is 0 Å². The van der Waals surface area contributed by atoms with Crippen molar-refractivity contribution < 1.29 is 0 Å². The summed E-state index contributed by atoms with van der Waals surface area (Å²) in [6.07, 6.45) is 9.58. The Labute approximate surface area is 119 Å². The monoisotopic (exact) mass is 267 g/mol. The first kappa shape index (κ1) is 15.3. The van der Waals surface area contributed by atoms with Crippen LogP contribution in [0, 0.1) is 0 Å². The van der Waals surface area contributed by atoms with Crippen LogP contribution in [0.2, 0.25) is 0 Å². The fraction of sp³-hybridized carbons (Fsp3) is 1.00. The third kappa shape index (κ3) is 3.32. The second kappa shape index (κ2) is 6.11. The average molecular weight is 267 g/mol. The largest absolute Gasteiger partial charge is 0.329 e. The van der Waals surface area contributed by atoms with Gasteiger partial charge in [-0.25, -0.2) is 0 Å². The van der Waals surface area contributed by atoms with Crippen molar-refractivity contribution in [2.24, 2.45) is 5.73 Å². The molecule has 0 amide bonds. The Kier molecular flexibility index (Phi) is 4.91. The second-order valence-electron chi connectivity index (χ2n) is 7.35. The summed E-state index contributed by atoms with van der Waals surface area (Å²) in [7, 11) is 2.25. The molecular weight excluding hydrogens is 234 g/mol. The molecule has 0 spiro atoms. The lowest BCUT2D eigenvalue weighted by Gasteiger charge is -2.53. The number of rotatable bonds is 2. The van der Waals surface area contributed by atoms with Crippen LogP contribution in [0.4, 0.5) is 0 Å². The van der Waals surface area contributed by atoms with Crippen molar-refractivity contribution in [2.75, 3.05) is 33.2 Å². The predicted octanol–water partition coefficient (Wildman–Crippen LogP) is 2.45. The molecule has 1 aliphatic carbocycles. The fourth-order valence-electron chi connectivity index (χ4n) is 3.86. The molecule has 2 fully saturated rings. The first-order valence-corrected chi connectivity index (χ1v) is 8.17. The molecule has 1 saturated heterocycles. The van der Waals surface area contributed by atoms with Crippen molar-refractivity contribution in [1.29, 1.82) is 0 Å². The summed E-state index contributed by atoms with van der Waals surface area (Å²) in [5.41, 5.74) is 6.83. The number of hydrogen-bond acceptors (Lipinski definition) is 3. The van der Waals surface area contributed by atoms with E-state index in [9.17, 15) is 0 Å². The molecule has 1 aliphatic heterocycles. The topological polar surface area (TPSA) is 32.5 Å². The third-order valence-corrected chi connectivity index (χ3v) is 5.65. The lowest BCUT2D eigenvalue weighted by atomic mass is 9.80. The summed E-state index contributed by atoms with van der Waals surface area (Å²) < 4.78 is 0. The van der Waals surface area contributed by atoms with Crippen LogP contribution in [0.25, 0.3) is 0 Å². The minimum atomic E-state index is 0.281. The number of likely N-dealkylation sites (N-methyl/N-ethyl adjacent to an activating group) is 1. The lowest BCUT2D eigenvalue weighted by Crippen LogP contribution is -2.65. The van der Waals surface area contributed by atoms with E-state index < -0.39 is 0 Å². The molecule has 112 valence electrons. The summed E-state index contributed by atoms with van der Waals surface area (Å²) in [5, 5.41) is 0. The number of nitrogens with two attached hydrogens (primary N) is 1. The van der Waals surface area contributed by atoms with E-state index in [4.69, 9.17) is 5.73 Å². The maximum absolute atomic E-state index is 6.26. The van der Waals surface area contributed by atoms with Crippen LogP contribution in [0.5, 0.6) is 0 Å². The van der Waals surface area contributed by atoms with Crippen molar-refractivity contribution in [1.82, 2.24) is 9.80 Å². The van der Waals surface area contributed by atoms with Gasteiger partial charge in [-0.1, -0.05) is 32.1 Å². The average Bonchev–Trinajstić information content (AvgIpc) is 2.33. The zero-order valence-corrected chi connectivity index (χ0v) is 13.2. The van der Waals surface area contributed by atoms with Crippen LogP contribution >= 0.6 is 0 Å². The summed E-state index contributed by atoms with van der Waals surface area (Å²) in [4.78, 5) is 5.23. The van der Waals surface area contributed by atoms with Gasteiger partial charge in [-0.2, -0.15) is 0 Å². The van der Waals surface area contributed by atoms with Gasteiger partial charge in [0.2, 0.25) is 0 Å². The Bertz CT molecular complexity index is 280. The molecule has 0 radical (unpaired) electrons. The lowest BCUT2D eigenvalue weighted by molar-refractivity contribution is -0.0321. The first-order valence-electron chi connectivity index (χ1n) is 8.17. The smallest absolute Gasteiger partial charge is 0.0333 e. The molecule has 0 atom stereocenters. The number of hydrogen-bond donors (Lipinski definition) is 1. The van der Waals surface area contributed by atoms with Gasteiger partial charge in [0.25, 0.3) is 0 Å². The molecule has 2 aliphatic rings. The summed E-state index contributed by atoms with van der Waals surface area (Å²) >= 11 is 0. The molecular formula is C16H33N3. The van der Waals surface area contributed by atoms with Gasteiger partial charge in [0.1, 0.15) is 0 Å². The summed E-state index contributed by atoms with van der Waals surface area (Å²) in [6, 6.07) is 0. The van der Waals surface area contributed by atoms with Crippen molar-refractivity contribution in [3.63, 3.8) is 0 Å². The fourth-order valence-corrected chi connectivity index (χ4v) is 3.86. The molecule has 3 heteroatoms. The van der Waals surface area contributed by atoms with Crippen LogP contribution in [0.3, 0.4) is 0 Å². The van der Waals surface area contributed by atoms with Gasteiger partial charge in [-0.05, 0) is 33.7 Å². The molecule has 0 bridgehead atoms. The van der Waals surface area contributed by atoms with Gasteiger partial charge in [0.15, 0.2) is 0 Å². The molecule has 0 aromatic rings. The Balaban J connectivity index is 2.10. The quantitative estimate of drug-likeness (QED) is 0.834. The summed E-state index contributed by atoms with van der Waals surface area (Å²) in [6.45, 7) is 9.11. The molecule has 2 N–H and O–H groups in total. The minimum absolute atomic E-state index is 0.281. The first-order chi connectivity index (χ1) is 9.00. The molecule has 0 aromatic heterocycles. The van der Waals surface area contributed by atoms with Gasteiger partial charge in [-0.15, -0.1) is 0 Å². The highest BCUT2D eigenvalue weighted by atomic mass is 15.3. The van der Waals surface area contributed by atoms with E-state index in [-0.39, 0.29) is 5.54 Å². The van der Waals surface area contributed by atoms with Gasteiger partial charge < -0.3 is 5.73 Å². The van der Waals surface area contributed by atoms with Gasteiger partial charge in [0.05, 0.1) is 0 Å².